The van der Waals surface area contributed by atoms with Gasteiger partial charge in [0.05, 0.1) is 0 Å². The number of nitrogens with zero attached hydrogens (tertiary/aromatic N) is 2. The summed E-state index contributed by atoms with van der Waals surface area (Å²) in [4.78, 5) is 13.7. The number of hydrogen-bond acceptors (Lipinski definition) is 2. The Balaban J connectivity index is 0.00000256. The zero-order valence-corrected chi connectivity index (χ0v) is 18.9. The van der Waals surface area contributed by atoms with Gasteiger partial charge in [-0.2, -0.15) is 0 Å². The summed E-state index contributed by atoms with van der Waals surface area (Å²) in [5, 5.41) is 5.68. The largest absolute Gasteiger partial charge is 0.343 e. The predicted octanol–water partition coefficient (Wildman–Crippen LogP) is 5.18. The highest BCUT2D eigenvalue weighted by molar-refractivity contribution is 6.31. The van der Waals surface area contributed by atoms with Crippen LogP contribution in [0.15, 0.2) is 48.5 Å². The average Bonchev–Trinajstić information content (AvgIpc) is 3.25. The van der Waals surface area contributed by atoms with Crippen molar-refractivity contribution >= 4 is 40.8 Å². The monoisotopic (exact) mass is 445 g/mol. The fraction of sp³-hybridized carbons (Fsp3) is 0.375. The van der Waals surface area contributed by atoms with E-state index >= 15 is 0 Å². The topological polar surface area (TPSA) is 37.3 Å². The highest BCUT2D eigenvalue weighted by Crippen LogP contribution is 2.28. The van der Waals surface area contributed by atoms with Gasteiger partial charge in [-0.15, -0.1) is 12.4 Å². The van der Waals surface area contributed by atoms with E-state index in [1.165, 1.54) is 22.2 Å². The molecule has 3 aromatic rings. The van der Waals surface area contributed by atoms with E-state index in [0.29, 0.717) is 5.91 Å². The third-order valence-corrected chi connectivity index (χ3v) is 6.27. The first-order valence-electron chi connectivity index (χ1n) is 10.4. The van der Waals surface area contributed by atoms with Crippen LogP contribution in [0.2, 0.25) is 5.02 Å². The van der Waals surface area contributed by atoms with Crippen molar-refractivity contribution in [1.29, 1.82) is 0 Å². The summed E-state index contributed by atoms with van der Waals surface area (Å²) in [6.45, 7) is 6.48. The smallest absolute Gasteiger partial charge is 0.222 e. The molecular formula is C24H29Cl2N3O. The number of rotatable bonds is 8. The molecule has 1 aliphatic heterocycles. The highest BCUT2D eigenvalue weighted by Gasteiger charge is 2.19. The van der Waals surface area contributed by atoms with E-state index in [1.807, 2.05) is 23.1 Å². The van der Waals surface area contributed by atoms with Crippen LogP contribution in [0.1, 0.15) is 36.1 Å². The lowest BCUT2D eigenvalue weighted by molar-refractivity contribution is -0.127. The molecule has 0 bridgehead atoms. The number of hydrogen-bond donors (Lipinski definition) is 1. The molecule has 0 radical (unpaired) electrons. The van der Waals surface area contributed by atoms with Gasteiger partial charge in [0.15, 0.2) is 0 Å². The number of carbonyl (C=O) groups is 1. The van der Waals surface area contributed by atoms with Gasteiger partial charge >= 0.3 is 0 Å². The van der Waals surface area contributed by atoms with E-state index in [9.17, 15) is 4.79 Å². The second-order valence-corrected chi connectivity index (χ2v) is 8.18. The molecule has 160 valence electrons. The van der Waals surface area contributed by atoms with Crippen molar-refractivity contribution in [3.8, 4) is 0 Å². The Kier molecular flexibility index (Phi) is 7.81. The minimum atomic E-state index is 0. The van der Waals surface area contributed by atoms with Crippen molar-refractivity contribution in [2.75, 3.05) is 19.6 Å². The molecule has 2 aromatic carbocycles. The van der Waals surface area contributed by atoms with Crippen LogP contribution < -0.4 is 5.32 Å². The van der Waals surface area contributed by atoms with Crippen LogP contribution >= 0.6 is 24.0 Å². The van der Waals surface area contributed by atoms with Gasteiger partial charge in [0, 0.05) is 54.2 Å². The number of benzene rings is 2. The summed E-state index contributed by atoms with van der Waals surface area (Å²) in [5.74, 6) is 0.309. The molecule has 1 fully saturated rings. The van der Waals surface area contributed by atoms with Crippen LogP contribution in [-0.4, -0.2) is 35.0 Å². The minimum absolute atomic E-state index is 0. The SMILES string of the molecule is Cc1c(CNCCCN2CCCC2=O)c2ccccc2n1Cc1ccccc1Cl.Cl. The molecule has 4 nitrogen and oxygen atoms in total. The third-order valence-electron chi connectivity index (χ3n) is 5.90. The maximum atomic E-state index is 11.7. The molecule has 30 heavy (non-hydrogen) atoms. The van der Waals surface area contributed by atoms with Gasteiger partial charge in [-0.05, 0) is 49.6 Å². The molecule has 1 aliphatic rings. The third kappa shape index (κ3) is 4.83. The zero-order chi connectivity index (χ0) is 20.2. The predicted molar refractivity (Wildman–Crippen MR) is 127 cm³/mol. The Morgan fingerprint density at radius 1 is 1.10 bits per heavy atom. The van der Waals surface area contributed by atoms with Gasteiger partial charge in [-0.1, -0.05) is 48.0 Å². The summed E-state index contributed by atoms with van der Waals surface area (Å²) in [7, 11) is 0. The minimum Gasteiger partial charge on any atom is -0.343 e. The standard InChI is InChI=1S/C24H28ClN3O.ClH/c1-18-21(16-26-13-7-15-27-14-6-12-24(27)29)20-9-3-5-11-23(20)28(18)17-19-8-2-4-10-22(19)25;/h2-5,8-11,26H,6-7,12-17H2,1H3;1H. The lowest BCUT2D eigenvalue weighted by Gasteiger charge is -2.15. The molecule has 0 unspecified atom stereocenters. The normalized spacial score (nSPS) is 13.8. The van der Waals surface area contributed by atoms with Gasteiger partial charge in [0.25, 0.3) is 0 Å². The highest BCUT2D eigenvalue weighted by atomic mass is 35.5. The molecule has 4 rings (SSSR count). The Morgan fingerprint density at radius 3 is 2.63 bits per heavy atom. The molecular weight excluding hydrogens is 417 g/mol. The van der Waals surface area contributed by atoms with Crippen LogP contribution in [0.3, 0.4) is 0 Å². The number of likely N-dealkylation sites (tertiary alicyclic amines) is 1. The van der Waals surface area contributed by atoms with E-state index in [4.69, 9.17) is 11.6 Å². The fourth-order valence-electron chi connectivity index (χ4n) is 4.28. The van der Waals surface area contributed by atoms with Crippen LogP contribution in [0, 0.1) is 6.92 Å². The average molecular weight is 446 g/mol. The molecule has 0 aliphatic carbocycles. The Hall–Kier alpha value is -2.01. The Labute approximate surface area is 189 Å². The van der Waals surface area contributed by atoms with Crippen LogP contribution in [0.4, 0.5) is 0 Å². The number of para-hydroxylation sites is 1. The molecule has 1 saturated heterocycles. The van der Waals surface area contributed by atoms with Gasteiger partial charge < -0.3 is 14.8 Å². The van der Waals surface area contributed by atoms with E-state index < -0.39 is 0 Å². The number of nitrogens with one attached hydrogen (secondary N) is 1. The Bertz CT molecular complexity index is 1010. The van der Waals surface area contributed by atoms with E-state index in [1.54, 1.807) is 0 Å². The molecule has 0 saturated carbocycles. The van der Waals surface area contributed by atoms with Gasteiger partial charge in [0.2, 0.25) is 5.91 Å². The Morgan fingerprint density at radius 2 is 1.87 bits per heavy atom. The maximum Gasteiger partial charge on any atom is 0.222 e. The molecule has 1 aromatic heterocycles. The van der Waals surface area contributed by atoms with Gasteiger partial charge in [-0.3, -0.25) is 4.79 Å². The van der Waals surface area contributed by atoms with Crippen molar-refractivity contribution in [3.63, 3.8) is 0 Å². The van der Waals surface area contributed by atoms with E-state index in [2.05, 4.69) is 47.1 Å². The maximum absolute atomic E-state index is 11.7. The summed E-state index contributed by atoms with van der Waals surface area (Å²) in [6.07, 6.45) is 2.72. The molecule has 2 heterocycles. The van der Waals surface area contributed by atoms with E-state index in [0.717, 1.165) is 62.6 Å². The zero-order valence-electron chi connectivity index (χ0n) is 17.4. The summed E-state index contributed by atoms with van der Waals surface area (Å²) in [6, 6.07) is 16.6. The molecule has 0 spiro atoms. The number of amides is 1. The lowest BCUT2D eigenvalue weighted by Crippen LogP contribution is -2.28. The molecule has 1 N–H and O–H groups in total. The first-order chi connectivity index (χ1) is 14.1. The molecule has 0 atom stereocenters. The summed E-state index contributed by atoms with van der Waals surface area (Å²) in [5.41, 5.74) is 4.98. The van der Waals surface area contributed by atoms with Crippen molar-refractivity contribution in [1.82, 2.24) is 14.8 Å². The number of fused-ring (bicyclic) bond motifs is 1. The van der Waals surface area contributed by atoms with Crippen LogP contribution in [0.5, 0.6) is 0 Å². The number of aromatic nitrogens is 1. The fourth-order valence-corrected chi connectivity index (χ4v) is 4.47. The lowest BCUT2D eigenvalue weighted by atomic mass is 10.1. The van der Waals surface area contributed by atoms with Gasteiger partial charge in [0.1, 0.15) is 0 Å². The first-order valence-corrected chi connectivity index (χ1v) is 10.8. The van der Waals surface area contributed by atoms with Crippen LogP contribution in [-0.2, 0) is 17.9 Å². The number of carbonyl (C=O) groups excluding carboxylic acids is 1. The van der Waals surface area contributed by atoms with Crippen molar-refractivity contribution in [2.45, 2.75) is 39.3 Å². The quantitative estimate of drug-likeness (QED) is 0.485. The van der Waals surface area contributed by atoms with Gasteiger partial charge in [-0.25, -0.2) is 0 Å². The summed E-state index contributed by atoms with van der Waals surface area (Å²) < 4.78 is 2.36. The van der Waals surface area contributed by atoms with Crippen LogP contribution in [0.25, 0.3) is 10.9 Å². The summed E-state index contributed by atoms with van der Waals surface area (Å²) >= 11 is 6.41. The molecule has 1 amide bonds. The van der Waals surface area contributed by atoms with E-state index in [-0.39, 0.29) is 12.4 Å². The number of halogens is 2. The van der Waals surface area contributed by atoms with Crippen molar-refractivity contribution in [3.05, 3.63) is 70.4 Å². The second kappa shape index (κ2) is 10.3. The molecule has 6 heteroatoms. The first kappa shape index (κ1) is 22.7. The second-order valence-electron chi connectivity index (χ2n) is 7.77. The van der Waals surface area contributed by atoms with Crippen molar-refractivity contribution in [2.24, 2.45) is 0 Å². The van der Waals surface area contributed by atoms with Crippen molar-refractivity contribution < 1.29 is 4.79 Å².